The highest BCUT2D eigenvalue weighted by Gasteiger charge is 2.57. The summed E-state index contributed by atoms with van der Waals surface area (Å²) in [5.74, 6) is -1.70. The molecule has 0 atom stereocenters. The molecule has 1 saturated heterocycles. The third-order valence-electron chi connectivity index (χ3n) is 6.62. The molecule has 2 aliphatic rings. The first kappa shape index (κ1) is 28.8. The Balaban J connectivity index is 1.70. The van der Waals surface area contributed by atoms with Crippen molar-refractivity contribution in [3.05, 3.63) is 46.7 Å². The van der Waals surface area contributed by atoms with Crippen LogP contribution in [0.15, 0.2) is 40.5 Å². The van der Waals surface area contributed by atoms with Gasteiger partial charge in [-0.05, 0) is 50.8 Å². The van der Waals surface area contributed by atoms with E-state index in [0.29, 0.717) is 24.0 Å². The number of hydrogen-bond acceptors (Lipinski definition) is 8. The monoisotopic (exact) mass is 543 g/mol. The normalized spacial score (nSPS) is 19.6. The van der Waals surface area contributed by atoms with Gasteiger partial charge < -0.3 is 21.7 Å². The lowest BCUT2D eigenvalue weighted by Crippen LogP contribution is -2.55. The number of sulfonamides is 1. The van der Waals surface area contributed by atoms with Crippen LogP contribution in [0.5, 0.6) is 0 Å². The summed E-state index contributed by atoms with van der Waals surface area (Å²) in [6, 6.07) is 8.74. The lowest BCUT2D eigenvalue weighted by Gasteiger charge is -2.34. The number of likely N-dealkylation sites (tertiary alicyclic amines) is 1. The Morgan fingerprint density at radius 2 is 1.84 bits per heavy atom. The maximum absolute atomic E-state index is 13.3. The van der Waals surface area contributed by atoms with E-state index in [-0.39, 0.29) is 43.9 Å². The highest BCUT2D eigenvalue weighted by atomic mass is 32.2. The van der Waals surface area contributed by atoms with Crippen molar-refractivity contribution in [3.8, 4) is 6.07 Å². The van der Waals surface area contributed by atoms with E-state index in [0.717, 1.165) is 5.56 Å². The number of nitrogens with one attached hydrogen (secondary N) is 2. The Hall–Kier alpha value is -3.76. The molecule has 1 aromatic carbocycles. The molecule has 1 aliphatic heterocycles. The van der Waals surface area contributed by atoms with Crippen molar-refractivity contribution in [1.29, 1.82) is 5.26 Å². The number of hydrogen-bond donors (Lipinski definition) is 4. The average Bonchev–Trinajstić information content (AvgIpc) is 3.63. The van der Waals surface area contributed by atoms with Gasteiger partial charge in [0.2, 0.25) is 15.9 Å². The van der Waals surface area contributed by atoms with Gasteiger partial charge in [-0.15, -0.1) is 0 Å². The number of nitrogens with zero attached hydrogens (tertiary/aromatic N) is 3. The molecule has 38 heavy (non-hydrogen) atoms. The number of piperidine rings is 1. The van der Waals surface area contributed by atoms with Crippen LogP contribution in [0.1, 0.15) is 50.7 Å². The first-order valence-electron chi connectivity index (χ1n) is 12.1. The van der Waals surface area contributed by atoms with Crippen LogP contribution < -0.4 is 21.5 Å². The van der Waals surface area contributed by atoms with Gasteiger partial charge in [-0.1, -0.05) is 12.1 Å². The predicted octanol–water partition coefficient (Wildman–Crippen LogP) is -0.204. The number of rotatable bonds is 10. The molecule has 0 aromatic heterocycles. The number of amides is 3. The molecule has 204 valence electrons. The van der Waals surface area contributed by atoms with E-state index >= 15 is 0 Å². The molecule has 0 spiro atoms. The Kier molecular flexibility index (Phi) is 8.28. The minimum absolute atomic E-state index is 0.0116. The molecular formula is C25H33N7O5S. The van der Waals surface area contributed by atoms with E-state index < -0.39 is 38.0 Å². The highest BCUT2D eigenvalue weighted by Crippen LogP contribution is 2.45. The fourth-order valence-electron chi connectivity index (χ4n) is 4.44. The zero-order chi connectivity index (χ0) is 28.3. The average molecular weight is 544 g/mol. The van der Waals surface area contributed by atoms with Crippen LogP contribution in [0, 0.1) is 11.3 Å². The second-order valence-electron chi connectivity index (χ2n) is 10.2. The van der Waals surface area contributed by atoms with Gasteiger partial charge in [0, 0.05) is 44.2 Å². The maximum atomic E-state index is 13.3. The molecule has 6 N–H and O–H groups in total. The molecule has 0 unspecified atom stereocenters. The minimum Gasteiger partial charge on any atom is -0.394 e. The molecule has 3 amide bonds. The van der Waals surface area contributed by atoms with Crippen LogP contribution in [0.2, 0.25) is 0 Å². The number of nitriles is 1. The number of carbonyl (C=O) groups excluding carboxylic acids is 3. The molecule has 1 aromatic rings. The molecule has 3 rings (SSSR count). The summed E-state index contributed by atoms with van der Waals surface area (Å²) in [4.78, 5) is 42.8. The van der Waals surface area contributed by atoms with Gasteiger partial charge in [-0.3, -0.25) is 19.4 Å². The Bertz CT molecular complexity index is 1340. The third-order valence-corrected chi connectivity index (χ3v) is 9.12. The summed E-state index contributed by atoms with van der Waals surface area (Å²) in [7, 11) is -2.48. The lowest BCUT2D eigenvalue weighted by molar-refractivity contribution is -0.124. The standard InChI is InChI=1S/C25H33N7O5S/c1-24(2,12-19(27)33)31-38(36,37)25(9-10-25)15-32-11-8-18(21(29-3)23(32)35)20(28)22(34)30-14-17-6-4-16(13-26)5-7-17/h4-7,31H,8-12,14-15,28H2,1-3H3,(H2,27,33)(H,30,34)/b20-18-,29-21?. The molecule has 12 nitrogen and oxygen atoms in total. The number of primary amides is 1. The molecule has 1 heterocycles. The first-order chi connectivity index (χ1) is 17.7. The van der Waals surface area contributed by atoms with Crippen molar-refractivity contribution in [2.45, 2.75) is 56.4 Å². The Labute approximate surface area is 222 Å². The molecular weight excluding hydrogens is 510 g/mol. The summed E-state index contributed by atoms with van der Waals surface area (Å²) in [6.45, 7) is 3.44. The van der Waals surface area contributed by atoms with Crippen LogP contribution in [-0.2, 0) is 31.0 Å². The summed E-state index contributed by atoms with van der Waals surface area (Å²) in [5, 5.41) is 11.6. The van der Waals surface area contributed by atoms with Crippen molar-refractivity contribution in [3.63, 3.8) is 0 Å². The molecule has 1 saturated carbocycles. The first-order valence-corrected chi connectivity index (χ1v) is 13.6. The van der Waals surface area contributed by atoms with Crippen molar-refractivity contribution in [2.24, 2.45) is 16.5 Å². The maximum Gasteiger partial charge on any atom is 0.272 e. The Morgan fingerprint density at radius 3 is 2.37 bits per heavy atom. The second kappa shape index (κ2) is 10.9. The van der Waals surface area contributed by atoms with Crippen LogP contribution in [0.3, 0.4) is 0 Å². The number of benzene rings is 1. The largest absolute Gasteiger partial charge is 0.394 e. The third kappa shape index (κ3) is 6.38. The summed E-state index contributed by atoms with van der Waals surface area (Å²) < 4.78 is 27.8. The fraction of sp³-hybridized carbons (Fsp3) is 0.480. The van der Waals surface area contributed by atoms with Gasteiger partial charge >= 0.3 is 0 Å². The number of aliphatic imine (C=N–C) groups is 1. The van der Waals surface area contributed by atoms with Crippen LogP contribution in [0.4, 0.5) is 0 Å². The van der Waals surface area contributed by atoms with Gasteiger partial charge in [0.05, 0.1) is 11.6 Å². The summed E-state index contributed by atoms with van der Waals surface area (Å²) >= 11 is 0. The smallest absolute Gasteiger partial charge is 0.272 e. The summed E-state index contributed by atoms with van der Waals surface area (Å²) in [6.07, 6.45) is 0.781. The van der Waals surface area contributed by atoms with Crippen LogP contribution >= 0.6 is 0 Å². The van der Waals surface area contributed by atoms with Gasteiger partial charge in [0.15, 0.2) is 0 Å². The zero-order valence-electron chi connectivity index (χ0n) is 21.7. The topological polar surface area (TPSA) is 201 Å². The highest BCUT2D eigenvalue weighted by molar-refractivity contribution is 7.91. The number of carbonyl (C=O) groups is 3. The summed E-state index contributed by atoms with van der Waals surface area (Å²) in [5.41, 5.74) is 11.8. The van der Waals surface area contributed by atoms with E-state index in [1.807, 2.05) is 6.07 Å². The van der Waals surface area contributed by atoms with E-state index in [9.17, 15) is 22.8 Å². The zero-order valence-corrected chi connectivity index (χ0v) is 22.5. The van der Waals surface area contributed by atoms with Crippen molar-refractivity contribution >= 4 is 33.5 Å². The fourth-order valence-corrected chi connectivity index (χ4v) is 6.43. The van der Waals surface area contributed by atoms with Gasteiger partial charge in [-0.25, -0.2) is 13.1 Å². The van der Waals surface area contributed by atoms with Gasteiger partial charge in [0.25, 0.3) is 11.8 Å². The molecule has 1 aliphatic carbocycles. The van der Waals surface area contributed by atoms with Crippen LogP contribution in [0.25, 0.3) is 0 Å². The second-order valence-corrected chi connectivity index (χ2v) is 12.3. The van der Waals surface area contributed by atoms with E-state index in [1.165, 1.54) is 11.9 Å². The van der Waals surface area contributed by atoms with Gasteiger partial charge in [-0.2, -0.15) is 5.26 Å². The molecule has 13 heteroatoms. The molecule has 0 bridgehead atoms. The van der Waals surface area contributed by atoms with Gasteiger partial charge in [0.1, 0.15) is 16.2 Å². The quantitative estimate of drug-likeness (QED) is 0.292. The van der Waals surface area contributed by atoms with Crippen molar-refractivity contribution in [2.75, 3.05) is 20.1 Å². The van der Waals surface area contributed by atoms with E-state index in [4.69, 9.17) is 16.7 Å². The number of nitrogens with two attached hydrogens (primary N) is 2. The SMILES string of the molecule is CN=C1C(=O)N(CC2(S(=O)(=O)NC(C)(C)CC(N)=O)CC2)CC/C1=C(/N)C(=O)NCc1ccc(C#N)cc1. The van der Waals surface area contributed by atoms with E-state index in [1.54, 1.807) is 38.1 Å². The van der Waals surface area contributed by atoms with Crippen molar-refractivity contribution in [1.82, 2.24) is 14.9 Å². The van der Waals surface area contributed by atoms with E-state index in [2.05, 4.69) is 15.0 Å². The van der Waals surface area contributed by atoms with Crippen LogP contribution in [-0.4, -0.2) is 67.2 Å². The van der Waals surface area contributed by atoms with Crippen molar-refractivity contribution < 1.29 is 22.8 Å². The molecule has 0 radical (unpaired) electrons. The Morgan fingerprint density at radius 1 is 1.21 bits per heavy atom. The lowest BCUT2D eigenvalue weighted by atomic mass is 9.97. The minimum atomic E-state index is -3.89. The predicted molar refractivity (Wildman–Crippen MR) is 141 cm³/mol. The molecule has 2 fully saturated rings.